The van der Waals surface area contributed by atoms with Gasteiger partial charge >= 0.3 is 5.69 Å². The lowest BCUT2D eigenvalue weighted by atomic mass is 9.48. The van der Waals surface area contributed by atoms with Crippen molar-refractivity contribution in [3.63, 3.8) is 0 Å². The number of hydrogen-bond acceptors (Lipinski definition) is 5. The Bertz CT molecular complexity index is 1440. The molecule has 7 rings (SSSR count). The van der Waals surface area contributed by atoms with Crippen LogP contribution in [0.25, 0.3) is 5.69 Å². The van der Waals surface area contributed by atoms with E-state index >= 15 is 0 Å². The molecule has 4 bridgehead atoms. The van der Waals surface area contributed by atoms with Crippen LogP contribution in [0, 0.1) is 31.6 Å². The summed E-state index contributed by atoms with van der Waals surface area (Å²) in [6.07, 6.45) is 9.26. The Morgan fingerprint density at radius 1 is 1.08 bits per heavy atom. The second kappa shape index (κ2) is 8.32. The monoisotopic (exact) mass is 487 g/mol. The predicted molar refractivity (Wildman–Crippen MR) is 139 cm³/mol. The molecule has 4 aliphatic carbocycles. The summed E-state index contributed by atoms with van der Waals surface area (Å²) >= 11 is 0. The van der Waals surface area contributed by atoms with Gasteiger partial charge in [-0.3, -0.25) is 19.5 Å². The summed E-state index contributed by atoms with van der Waals surface area (Å²) in [6.45, 7) is 6.46. The Hall–Kier alpha value is -3.42. The lowest BCUT2D eigenvalue weighted by Gasteiger charge is -2.57. The number of aromatic hydroxyl groups is 1. The van der Waals surface area contributed by atoms with Crippen molar-refractivity contribution in [2.45, 2.75) is 71.3 Å². The zero-order valence-corrected chi connectivity index (χ0v) is 21.1. The van der Waals surface area contributed by atoms with Crippen LogP contribution in [0.5, 0.6) is 5.88 Å². The summed E-state index contributed by atoms with van der Waals surface area (Å²) in [5.74, 6) is 2.12. The van der Waals surface area contributed by atoms with Gasteiger partial charge in [-0.25, -0.2) is 9.36 Å². The van der Waals surface area contributed by atoms with Crippen molar-refractivity contribution in [1.29, 1.82) is 0 Å². The normalized spacial score (nSPS) is 26.8. The average molecular weight is 488 g/mol. The summed E-state index contributed by atoms with van der Waals surface area (Å²) in [6, 6.07) is 7.99. The molecule has 4 aliphatic rings. The van der Waals surface area contributed by atoms with Crippen LogP contribution < -0.4 is 11.2 Å². The number of rotatable bonds is 5. The molecule has 2 aromatic heterocycles. The summed E-state index contributed by atoms with van der Waals surface area (Å²) in [7, 11) is 0. The lowest BCUT2D eigenvalue weighted by Crippen LogP contribution is -2.48. The summed E-state index contributed by atoms with van der Waals surface area (Å²) in [4.78, 5) is 32.1. The summed E-state index contributed by atoms with van der Waals surface area (Å²) in [5.41, 5.74) is 2.93. The van der Waals surface area contributed by atoms with E-state index in [0.29, 0.717) is 17.9 Å². The molecular formula is C28H33N5O3. The number of H-pyrrole nitrogens is 1. The molecule has 8 heteroatoms. The van der Waals surface area contributed by atoms with Gasteiger partial charge in [0.1, 0.15) is 11.3 Å². The van der Waals surface area contributed by atoms with Gasteiger partial charge in [-0.15, -0.1) is 0 Å². The molecule has 8 nitrogen and oxygen atoms in total. The Morgan fingerprint density at radius 3 is 2.25 bits per heavy atom. The first-order chi connectivity index (χ1) is 17.3. The zero-order valence-electron chi connectivity index (χ0n) is 21.1. The van der Waals surface area contributed by atoms with Crippen LogP contribution in [0.3, 0.4) is 0 Å². The summed E-state index contributed by atoms with van der Waals surface area (Å²) < 4.78 is 2.97. The van der Waals surface area contributed by atoms with Gasteiger partial charge in [0.05, 0.1) is 17.1 Å². The van der Waals surface area contributed by atoms with Crippen molar-refractivity contribution in [3.05, 3.63) is 67.6 Å². The SMILES string of the molecule is CCn1nc(C)c(N=Cc2c(O)n(-c3ccc(C45CC6CC(CC(C6)C4)C5)cc3)c(=O)[nH]c2=O)c1C. The maximum absolute atomic E-state index is 12.7. The topological polar surface area (TPSA) is 105 Å². The molecule has 0 atom stereocenters. The number of hydrogen-bond donors (Lipinski definition) is 2. The number of aliphatic imine (C=N–C) groups is 1. The standard InChI is InChI=1S/C28H33N5O3/c1-4-32-17(3)24(16(2)31-32)29-15-23-25(34)30-27(36)33(26(23)35)22-7-5-21(6-8-22)28-12-18-9-19(13-28)11-20(10-18)14-28/h5-8,15,18-20,35H,4,9-14H2,1-3H3,(H,30,34,36). The fraction of sp³-hybridized carbons (Fsp3) is 0.500. The second-order valence-corrected chi connectivity index (χ2v) is 11.2. The first-order valence-corrected chi connectivity index (χ1v) is 13.0. The van der Waals surface area contributed by atoms with E-state index in [9.17, 15) is 14.7 Å². The van der Waals surface area contributed by atoms with Gasteiger partial charge in [-0.1, -0.05) is 12.1 Å². The third-order valence-corrected chi connectivity index (χ3v) is 8.86. The van der Waals surface area contributed by atoms with Gasteiger partial charge in [0.15, 0.2) is 0 Å². The van der Waals surface area contributed by atoms with E-state index in [-0.39, 0.29) is 11.0 Å². The van der Waals surface area contributed by atoms with Gasteiger partial charge in [-0.05, 0) is 100 Å². The van der Waals surface area contributed by atoms with Crippen LogP contribution in [0.4, 0.5) is 5.69 Å². The van der Waals surface area contributed by atoms with E-state index in [2.05, 4.69) is 27.2 Å². The molecule has 2 heterocycles. The molecule has 3 aromatic rings. The Morgan fingerprint density at radius 2 is 1.69 bits per heavy atom. The maximum Gasteiger partial charge on any atom is 0.335 e. The van der Waals surface area contributed by atoms with Gasteiger partial charge < -0.3 is 5.11 Å². The number of benzene rings is 1. The fourth-order valence-electron chi connectivity index (χ4n) is 7.63. The molecule has 0 amide bonds. The molecule has 36 heavy (non-hydrogen) atoms. The van der Waals surface area contributed by atoms with E-state index in [1.54, 1.807) is 0 Å². The van der Waals surface area contributed by atoms with Gasteiger partial charge in [0.25, 0.3) is 5.56 Å². The Kier molecular flexibility index (Phi) is 5.32. The van der Waals surface area contributed by atoms with Gasteiger partial charge in [-0.2, -0.15) is 5.10 Å². The van der Waals surface area contributed by atoms with Crippen molar-refractivity contribution < 1.29 is 5.11 Å². The first-order valence-electron chi connectivity index (χ1n) is 13.0. The van der Waals surface area contributed by atoms with Gasteiger partial charge in [0, 0.05) is 12.8 Å². The number of nitrogens with one attached hydrogen (secondary N) is 1. The van der Waals surface area contributed by atoms with Crippen LogP contribution in [-0.4, -0.2) is 30.7 Å². The van der Waals surface area contributed by atoms with Crippen molar-refractivity contribution in [2.75, 3.05) is 0 Å². The molecule has 4 saturated carbocycles. The molecule has 0 aliphatic heterocycles. The van der Waals surface area contributed by atoms with Crippen molar-refractivity contribution in [3.8, 4) is 11.6 Å². The van der Waals surface area contributed by atoms with Crippen molar-refractivity contribution in [1.82, 2.24) is 19.3 Å². The molecule has 2 N–H and O–H groups in total. The van der Waals surface area contributed by atoms with Crippen molar-refractivity contribution >= 4 is 11.9 Å². The molecule has 1 aromatic carbocycles. The van der Waals surface area contributed by atoms with Crippen LogP contribution in [-0.2, 0) is 12.0 Å². The minimum absolute atomic E-state index is 0.0668. The largest absolute Gasteiger partial charge is 0.493 e. The molecule has 0 spiro atoms. The van der Waals surface area contributed by atoms with E-state index in [4.69, 9.17) is 0 Å². The number of aromatic amines is 1. The third-order valence-electron chi connectivity index (χ3n) is 8.86. The van der Waals surface area contributed by atoms with Crippen LogP contribution in [0.15, 0.2) is 38.8 Å². The number of nitrogens with zero attached hydrogens (tertiary/aromatic N) is 4. The predicted octanol–water partition coefficient (Wildman–Crippen LogP) is 4.28. The van der Waals surface area contributed by atoms with E-state index in [1.165, 1.54) is 50.3 Å². The Labute approximate surface area is 209 Å². The Balaban J connectivity index is 1.35. The smallest absolute Gasteiger partial charge is 0.335 e. The highest BCUT2D eigenvalue weighted by Crippen LogP contribution is 2.60. The minimum atomic E-state index is -0.680. The quantitative estimate of drug-likeness (QED) is 0.524. The van der Waals surface area contributed by atoms with E-state index < -0.39 is 17.1 Å². The maximum atomic E-state index is 12.7. The molecule has 4 fully saturated rings. The van der Waals surface area contributed by atoms with Crippen LogP contribution in [0.1, 0.15) is 68.0 Å². The molecule has 0 unspecified atom stereocenters. The van der Waals surface area contributed by atoms with E-state index in [0.717, 1.165) is 33.7 Å². The molecule has 0 radical (unpaired) electrons. The van der Waals surface area contributed by atoms with E-state index in [1.807, 2.05) is 37.6 Å². The van der Waals surface area contributed by atoms with Gasteiger partial charge in [0.2, 0.25) is 5.88 Å². The first kappa shape index (κ1) is 23.0. The zero-order chi connectivity index (χ0) is 25.2. The number of aromatic nitrogens is 4. The average Bonchev–Trinajstić information content (AvgIpc) is 3.11. The molecular weight excluding hydrogens is 454 g/mol. The van der Waals surface area contributed by atoms with Crippen molar-refractivity contribution in [2.24, 2.45) is 22.7 Å². The van der Waals surface area contributed by atoms with Crippen LogP contribution >= 0.6 is 0 Å². The molecule has 0 saturated heterocycles. The number of aryl methyl sites for hydroxylation is 2. The highest BCUT2D eigenvalue weighted by atomic mass is 16.3. The fourth-order valence-corrected chi connectivity index (χ4v) is 7.63. The highest BCUT2D eigenvalue weighted by molar-refractivity contribution is 5.84. The highest BCUT2D eigenvalue weighted by Gasteiger charge is 2.51. The lowest BCUT2D eigenvalue weighted by molar-refractivity contribution is -0.00518. The third kappa shape index (κ3) is 3.57. The van der Waals surface area contributed by atoms with Crippen LogP contribution in [0.2, 0.25) is 0 Å². The minimum Gasteiger partial charge on any atom is -0.493 e. The molecule has 188 valence electrons. The second-order valence-electron chi connectivity index (χ2n) is 11.2. The summed E-state index contributed by atoms with van der Waals surface area (Å²) in [5, 5.41) is 15.4.